The third-order valence-corrected chi connectivity index (χ3v) is 9.82. The average Bonchev–Trinajstić information content (AvgIpc) is 3.62. The predicted molar refractivity (Wildman–Crippen MR) is 173 cm³/mol. The first-order valence-electron chi connectivity index (χ1n) is 15.5. The SMILES string of the molecule is C=C(F)C(=O)N1CCN(c2c(C#N)c(OC[C@@H]3CCCN3C)nc3cc(-c4cccc5c4CC(C)C5)c(Cl)cc23)C[C@@H]1CC#N. The summed E-state index contributed by atoms with van der Waals surface area (Å²) in [6.45, 7) is 7.49. The van der Waals surface area contributed by atoms with E-state index < -0.39 is 17.8 Å². The normalized spacial score (nSPS) is 21.4. The number of likely N-dealkylation sites (tertiary alicyclic amines) is 1. The van der Waals surface area contributed by atoms with Gasteiger partial charge in [0.05, 0.1) is 29.7 Å². The van der Waals surface area contributed by atoms with Crippen LogP contribution in [0.3, 0.4) is 0 Å². The lowest BCUT2D eigenvalue weighted by molar-refractivity contribution is -0.131. The van der Waals surface area contributed by atoms with Crippen LogP contribution in [-0.4, -0.2) is 72.6 Å². The fourth-order valence-electron chi connectivity index (χ4n) is 7.23. The van der Waals surface area contributed by atoms with Crippen molar-refractivity contribution in [2.24, 2.45) is 5.92 Å². The van der Waals surface area contributed by atoms with Gasteiger partial charge in [-0.15, -0.1) is 0 Å². The molecule has 2 saturated heterocycles. The van der Waals surface area contributed by atoms with E-state index in [2.05, 4.69) is 55.8 Å². The Morgan fingerprint density at radius 3 is 2.71 bits per heavy atom. The van der Waals surface area contributed by atoms with E-state index >= 15 is 0 Å². The molecule has 0 saturated carbocycles. The van der Waals surface area contributed by atoms with Gasteiger partial charge in [-0.1, -0.05) is 43.3 Å². The highest BCUT2D eigenvalue weighted by atomic mass is 35.5. The second-order valence-electron chi connectivity index (χ2n) is 12.5. The van der Waals surface area contributed by atoms with E-state index in [1.807, 2.05) is 17.0 Å². The third kappa shape index (κ3) is 5.83. The monoisotopic (exact) mass is 626 g/mol. The zero-order valence-electron chi connectivity index (χ0n) is 25.7. The van der Waals surface area contributed by atoms with Crippen LogP contribution in [-0.2, 0) is 17.6 Å². The summed E-state index contributed by atoms with van der Waals surface area (Å²) < 4.78 is 20.2. The number of nitriles is 2. The number of carbonyl (C=O) groups is 1. The Kier molecular flexibility index (Phi) is 8.68. The smallest absolute Gasteiger partial charge is 0.282 e. The summed E-state index contributed by atoms with van der Waals surface area (Å²) in [5.41, 5.74) is 6.09. The highest BCUT2D eigenvalue weighted by molar-refractivity contribution is 6.34. The molecular formula is C35H36ClFN6O2. The molecule has 0 bridgehead atoms. The lowest BCUT2D eigenvalue weighted by atomic mass is 9.94. The van der Waals surface area contributed by atoms with E-state index in [-0.39, 0.29) is 37.0 Å². The van der Waals surface area contributed by atoms with E-state index in [4.69, 9.17) is 21.3 Å². The van der Waals surface area contributed by atoms with Gasteiger partial charge in [-0.05, 0) is 74.0 Å². The summed E-state index contributed by atoms with van der Waals surface area (Å²) in [6, 6.07) is 14.3. The Morgan fingerprint density at radius 1 is 1.18 bits per heavy atom. The highest BCUT2D eigenvalue weighted by Crippen LogP contribution is 2.43. The van der Waals surface area contributed by atoms with Crippen LogP contribution in [0.4, 0.5) is 10.1 Å². The van der Waals surface area contributed by atoms with Crippen molar-refractivity contribution in [1.29, 1.82) is 10.5 Å². The van der Waals surface area contributed by atoms with Crippen LogP contribution >= 0.6 is 11.6 Å². The van der Waals surface area contributed by atoms with E-state index in [1.54, 1.807) is 0 Å². The van der Waals surface area contributed by atoms with Crippen LogP contribution in [0.1, 0.15) is 42.9 Å². The second-order valence-corrected chi connectivity index (χ2v) is 12.9. The molecule has 0 spiro atoms. The number of carbonyl (C=O) groups excluding carboxylic acids is 1. The first-order chi connectivity index (χ1) is 21.7. The molecule has 0 N–H and O–H groups in total. The molecule has 45 heavy (non-hydrogen) atoms. The maximum atomic E-state index is 13.9. The minimum Gasteiger partial charge on any atom is -0.475 e. The number of fused-ring (bicyclic) bond motifs is 2. The Hall–Kier alpha value is -4.18. The first-order valence-corrected chi connectivity index (χ1v) is 15.9. The minimum atomic E-state index is -1.06. The van der Waals surface area contributed by atoms with Gasteiger partial charge in [0.2, 0.25) is 5.88 Å². The van der Waals surface area contributed by atoms with Crippen molar-refractivity contribution in [1.82, 2.24) is 14.8 Å². The summed E-state index contributed by atoms with van der Waals surface area (Å²) in [5, 5.41) is 21.3. The topological polar surface area (TPSA) is 96.5 Å². The minimum absolute atomic E-state index is 0.000237. The van der Waals surface area contributed by atoms with Crippen LogP contribution in [0.5, 0.6) is 5.88 Å². The van der Waals surface area contributed by atoms with Crippen molar-refractivity contribution < 1.29 is 13.9 Å². The molecule has 1 aromatic heterocycles. The predicted octanol–water partition coefficient (Wildman–Crippen LogP) is 6.05. The lowest BCUT2D eigenvalue weighted by Crippen LogP contribution is -2.55. The molecule has 2 fully saturated rings. The van der Waals surface area contributed by atoms with Gasteiger partial charge < -0.3 is 19.4 Å². The summed E-state index contributed by atoms with van der Waals surface area (Å²) >= 11 is 7.05. The van der Waals surface area contributed by atoms with Crippen molar-refractivity contribution in [2.45, 2.75) is 51.1 Å². The molecule has 3 heterocycles. The number of pyridine rings is 1. The molecular weight excluding hydrogens is 591 g/mol. The van der Waals surface area contributed by atoms with E-state index in [0.717, 1.165) is 43.4 Å². The molecule has 0 radical (unpaired) electrons. The largest absolute Gasteiger partial charge is 0.475 e. The molecule has 2 aliphatic heterocycles. The van der Waals surface area contributed by atoms with Gasteiger partial charge >= 0.3 is 0 Å². The lowest BCUT2D eigenvalue weighted by Gasteiger charge is -2.42. The molecule has 8 nitrogen and oxygen atoms in total. The zero-order chi connectivity index (χ0) is 31.8. The van der Waals surface area contributed by atoms with Gasteiger partial charge in [0.1, 0.15) is 18.2 Å². The summed E-state index contributed by atoms with van der Waals surface area (Å²) in [4.78, 5) is 23.1. The van der Waals surface area contributed by atoms with Crippen LogP contribution < -0.4 is 9.64 Å². The van der Waals surface area contributed by atoms with E-state index in [0.29, 0.717) is 40.7 Å². The Labute approximate surface area is 268 Å². The van der Waals surface area contributed by atoms with Gasteiger partial charge in [-0.25, -0.2) is 9.37 Å². The number of piperazine rings is 1. The number of amides is 1. The van der Waals surface area contributed by atoms with E-state index in [1.165, 1.54) is 16.0 Å². The number of rotatable bonds is 7. The van der Waals surface area contributed by atoms with Crippen molar-refractivity contribution in [3.8, 4) is 29.1 Å². The number of ether oxygens (including phenoxy) is 1. The number of hydrogen-bond acceptors (Lipinski definition) is 7. The highest BCUT2D eigenvalue weighted by Gasteiger charge is 2.35. The average molecular weight is 627 g/mol. The molecule has 3 atom stereocenters. The van der Waals surface area contributed by atoms with Gasteiger partial charge in [-0.3, -0.25) is 4.79 Å². The fourth-order valence-corrected chi connectivity index (χ4v) is 7.49. The third-order valence-electron chi connectivity index (χ3n) is 9.51. The molecule has 1 unspecified atom stereocenters. The molecule has 3 aliphatic rings. The summed E-state index contributed by atoms with van der Waals surface area (Å²) in [6.07, 6.45) is 4.10. The number of halogens is 2. The number of aromatic nitrogens is 1. The number of likely N-dealkylation sites (N-methyl/N-ethyl adjacent to an activating group) is 1. The molecule has 1 amide bonds. The number of anilines is 1. The van der Waals surface area contributed by atoms with Gasteiger partial charge in [0, 0.05) is 41.6 Å². The van der Waals surface area contributed by atoms with Crippen LogP contribution in [0.25, 0.3) is 22.0 Å². The maximum Gasteiger partial charge on any atom is 0.282 e. The Bertz CT molecular complexity index is 1760. The number of benzene rings is 2. The molecule has 3 aromatic rings. The van der Waals surface area contributed by atoms with Gasteiger partial charge in [-0.2, -0.15) is 10.5 Å². The van der Waals surface area contributed by atoms with Crippen LogP contribution in [0.2, 0.25) is 5.02 Å². The van der Waals surface area contributed by atoms with Gasteiger partial charge in [0.15, 0.2) is 5.83 Å². The molecule has 232 valence electrons. The maximum absolute atomic E-state index is 13.9. The van der Waals surface area contributed by atoms with Crippen LogP contribution in [0, 0.1) is 28.6 Å². The molecule has 1 aliphatic carbocycles. The number of nitrogens with zero attached hydrogens (tertiary/aromatic N) is 6. The van der Waals surface area contributed by atoms with Crippen molar-refractivity contribution in [2.75, 3.05) is 44.7 Å². The van der Waals surface area contributed by atoms with Crippen LogP contribution in [0.15, 0.2) is 42.7 Å². The first kappa shape index (κ1) is 30.8. The summed E-state index contributed by atoms with van der Waals surface area (Å²) in [5.74, 6) is -1.09. The second kappa shape index (κ2) is 12.7. The van der Waals surface area contributed by atoms with Crippen molar-refractivity contribution in [3.05, 3.63) is 64.5 Å². The molecule has 6 rings (SSSR count). The van der Waals surface area contributed by atoms with Crippen molar-refractivity contribution in [3.63, 3.8) is 0 Å². The van der Waals surface area contributed by atoms with Gasteiger partial charge in [0.25, 0.3) is 5.91 Å². The Balaban J connectivity index is 1.48. The standard InChI is InChI=1S/C35H36ClFN6O2/c1-21-14-23-6-4-8-26(27(23)15-21)28-17-32-29(16-31(28)36)33(30(18-39)34(40-32)45-20-25-7-5-11-41(25)3)42-12-13-43(35(44)22(2)37)24(19-42)9-10-38/h4,6,8,16-17,21,24-25H,2,5,7,9,11-15,19-20H2,1,3H3/t21?,24-,25-/m0/s1. The summed E-state index contributed by atoms with van der Waals surface area (Å²) in [7, 11) is 2.07. The Morgan fingerprint density at radius 2 is 2.00 bits per heavy atom. The number of hydrogen-bond donors (Lipinski definition) is 0. The quantitative estimate of drug-likeness (QED) is 0.295. The zero-order valence-corrected chi connectivity index (χ0v) is 26.4. The fraction of sp³-hybridized carbons (Fsp3) is 0.429. The van der Waals surface area contributed by atoms with E-state index in [9.17, 15) is 19.7 Å². The van der Waals surface area contributed by atoms with Crippen molar-refractivity contribution >= 4 is 34.1 Å². The molecule has 10 heteroatoms. The molecule has 2 aromatic carbocycles.